The molecule has 22 heteroatoms. The Labute approximate surface area is 294 Å². The number of nitriles is 3. The maximum absolute atomic E-state index is 16.7. The maximum Gasteiger partial charge on any atom is 0.411 e. The lowest BCUT2D eigenvalue weighted by Gasteiger charge is -2.37. The van der Waals surface area contributed by atoms with Crippen LogP contribution in [0.4, 0.5) is 79.0 Å². The molecule has 0 bridgehead atoms. The largest absolute Gasteiger partial charge is 0.411 e. The highest BCUT2D eigenvalue weighted by atomic mass is 19.4. The molecule has 6 rings (SSSR count). The summed E-state index contributed by atoms with van der Waals surface area (Å²) in [5.41, 5.74) is -16.2. The van der Waals surface area contributed by atoms with E-state index in [2.05, 4.69) is 4.99 Å². The van der Waals surface area contributed by atoms with Gasteiger partial charge in [0.1, 0.15) is 58.7 Å². The molecular weight excluding hydrogens is 806 g/mol. The van der Waals surface area contributed by atoms with Crippen LogP contribution in [0.15, 0.2) is 4.99 Å². The summed E-state index contributed by atoms with van der Waals surface area (Å²) in [6.07, 6.45) is -14.5. The van der Waals surface area contributed by atoms with Crippen molar-refractivity contribution >= 4 is 49.7 Å². The third-order valence-corrected chi connectivity index (χ3v) is 9.00. The molecule has 0 unspecified atom stereocenters. The Morgan fingerprint density at radius 2 is 0.839 bits per heavy atom. The maximum atomic E-state index is 16.7. The van der Waals surface area contributed by atoms with Crippen LogP contribution >= 0.6 is 0 Å². The first kappa shape index (κ1) is 39.2. The molecule has 286 valence electrons. The second-order valence-electron chi connectivity index (χ2n) is 11.5. The molecule has 1 aliphatic rings. The van der Waals surface area contributed by atoms with Crippen LogP contribution in [0.3, 0.4) is 0 Å². The van der Waals surface area contributed by atoms with Gasteiger partial charge < -0.3 is 0 Å². The van der Waals surface area contributed by atoms with Crippen molar-refractivity contribution in [2.45, 2.75) is 17.8 Å². The van der Waals surface area contributed by atoms with Crippen LogP contribution in [-0.2, 0) is 5.41 Å². The smallest absolute Gasteiger partial charge is 0.295 e. The van der Waals surface area contributed by atoms with E-state index >= 15 is 74.6 Å². The highest BCUT2D eigenvalue weighted by Gasteiger charge is 2.76. The molecule has 4 nitrogen and oxygen atoms in total. The van der Waals surface area contributed by atoms with Gasteiger partial charge in [-0.3, -0.25) is 4.99 Å². The van der Waals surface area contributed by atoms with Crippen molar-refractivity contribution < 1.29 is 79.0 Å². The predicted octanol–water partition coefficient (Wildman–Crippen LogP) is 8.40. The third-order valence-electron chi connectivity index (χ3n) is 9.00. The van der Waals surface area contributed by atoms with E-state index in [1.807, 2.05) is 0 Å². The van der Waals surface area contributed by atoms with Crippen LogP contribution in [0.2, 0.25) is 0 Å². The zero-order valence-electron chi connectivity index (χ0n) is 26.2. The number of hydrogen-bond donors (Lipinski definition) is 0. The number of halogens is 18. The number of fused-ring (bicyclic) bond motifs is 6. The molecule has 0 heterocycles. The molecule has 0 atom stereocenters. The minimum absolute atomic E-state index is 0.115. The van der Waals surface area contributed by atoms with E-state index in [0.717, 1.165) is 25.3 Å². The van der Waals surface area contributed by atoms with Crippen molar-refractivity contribution in [3.63, 3.8) is 0 Å². The molecule has 1 aliphatic carbocycles. The van der Waals surface area contributed by atoms with Gasteiger partial charge in [0, 0.05) is 40.2 Å². The summed E-state index contributed by atoms with van der Waals surface area (Å²) in [5.74, 6) is -35.7. The van der Waals surface area contributed by atoms with Gasteiger partial charge in [0.2, 0.25) is 5.41 Å². The Hall–Kier alpha value is -6.50. The molecule has 5 aromatic carbocycles. The van der Waals surface area contributed by atoms with Crippen molar-refractivity contribution in [2.24, 2.45) is 4.99 Å². The summed E-state index contributed by atoms with van der Waals surface area (Å²) in [4.78, 5) is 3.10. The summed E-state index contributed by atoms with van der Waals surface area (Å²) >= 11 is 0. The first-order valence-corrected chi connectivity index (χ1v) is 14.3. The number of alkyl halides is 6. The monoisotopic (exact) mass is 810 g/mol. The molecule has 0 saturated heterocycles. The van der Waals surface area contributed by atoms with E-state index in [-0.39, 0.29) is 6.21 Å². The fourth-order valence-electron chi connectivity index (χ4n) is 6.90. The first-order chi connectivity index (χ1) is 26.0. The lowest BCUT2D eigenvalue weighted by Crippen LogP contribution is -2.55. The highest BCUT2D eigenvalue weighted by molar-refractivity contribution is 6.10. The quantitative estimate of drug-likeness (QED) is 0.0739. The molecule has 0 radical (unpaired) electrons. The molecule has 0 aliphatic heterocycles. The van der Waals surface area contributed by atoms with Gasteiger partial charge in [-0.2, -0.15) is 42.1 Å². The third kappa shape index (κ3) is 4.42. The number of hydrogen-bond acceptors (Lipinski definition) is 4. The molecule has 0 aromatic heterocycles. The van der Waals surface area contributed by atoms with E-state index in [0.29, 0.717) is 0 Å². The zero-order chi connectivity index (χ0) is 42.0. The summed E-state index contributed by atoms with van der Waals surface area (Å²) < 4.78 is 282. The van der Waals surface area contributed by atoms with E-state index in [1.54, 1.807) is 0 Å². The first-order valence-electron chi connectivity index (χ1n) is 14.3. The Kier molecular flexibility index (Phi) is 8.58. The van der Waals surface area contributed by atoms with Crippen LogP contribution in [0.25, 0.3) is 43.5 Å². The van der Waals surface area contributed by atoms with Gasteiger partial charge in [-0.15, -0.1) is 0 Å². The summed E-state index contributed by atoms with van der Waals surface area (Å²) in [5, 5.41) is 1.77. The van der Waals surface area contributed by atoms with E-state index in [9.17, 15) is 9.65 Å². The molecule has 0 saturated carbocycles. The average Bonchev–Trinajstić information content (AvgIpc) is 3.46. The Morgan fingerprint density at radius 1 is 0.464 bits per heavy atom. The minimum atomic E-state index is -7.30. The molecule has 0 spiro atoms. The van der Waals surface area contributed by atoms with Gasteiger partial charge in [0.05, 0.1) is 42.9 Å². The number of benzene rings is 5. The van der Waals surface area contributed by atoms with Gasteiger partial charge in [-0.25, -0.2) is 52.7 Å². The van der Waals surface area contributed by atoms with Gasteiger partial charge >= 0.3 is 12.4 Å². The molecule has 0 fully saturated rings. The van der Waals surface area contributed by atoms with Gasteiger partial charge in [0.25, 0.3) is 0 Å². The van der Waals surface area contributed by atoms with Crippen LogP contribution in [0.1, 0.15) is 11.1 Å². The van der Waals surface area contributed by atoms with Crippen LogP contribution in [0, 0.1) is 114 Å². The van der Waals surface area contributed by atoms with Crippen LogP contribution in [-0.4, -0.2) is 25.6 Å². The Balaban J connectivity index is 2.12. The molecule has 5 aromatic rings. The lowest BCUT2D eigenvalue weighted by molar-refractivity contribution is -0.288. The number of nitrogens with zero attached hydrogens (tertiary/aromatic N) is 4. The van der Waals surface area contributed by atoms with Crippen LogP contribution < -0.4 is 10.4 Å². The predicted molar refractivity (Wildman–Crippen MR) is 153 cm³/mol. The molecule has 0 N–H and O–H groups in total. The molecule has 56 heavy (non-hydrogen) atoms. The topological polar surface area (TPSA) is 83.7 Å². The normalized spacial score (nSPS) is 14.3. The van der Waals surface area contributed by atoms with Crippen LogP contribution in [0.5, 0.6) is 0 Å². The Bertz CT molecular complexity index is 3100. The fraction of sp³-hybridized carbons (Fsp3) is 0.118. The molecule has 0 amide bonds. The summed E-state index contributed by atoms with van der Waals surface area (Å²) in [6, 6.07) is 2.60. The van der Waals surface area contributed by atoms with Crippen molar-refractivity contribution in [2.75, 3.05) is 7.05 Å². The minimum Gasteiger partial charge on any atom is -0.295 e. The van der Waals surface area contributed by atoms with Crippen molar-refractivity contribution in [3.05, 3.63) is 102 Å². The average molecular weight is 810 g/mol. The zero-order valence-corrected chi connectivity index (χ0v) is 26.2. The lowest BCUT2D eigenvalue weighted by atomic mass is 9.73. The Morgan fingerprint density at radius 3 is 1.29 bits per heavy atom. The second kappa shape index (κ2) is 12.3. The number of aliphatic imine (C=N–C) groups is 1. The fourth-order valence-corrected chi connectivity index (χ4v) is 6.90. The highest BCUT2D eigenvalue weighted by Crippen LogP contribution is 2.62. The second-order valence-corrected chi connectivity index (χ2v) is 11.5. The van der Waals surface area contributed by atoms with Gasteiger partial charge in [0.15, 0.2) is 34.9 Å². The van der Waals surface area contributed by atoms with E-state index in [1.165, 1.54) is 0 Å². The van der Waals surface area contributed by atoms with E-state index in [4.69, 9.17) is 10.5 Å². The number of rotatable bonds is 1. The SMILES string of the molecule is CN=C/C(C#N)=c1/c(F)c(F)c2c(c1F)C(C(F)(F)F)(C(F)(F)F)c1c=2c(F)c(F)c2c(F)c3c(F)c4c(F)c(=C(C#N)C#N)c(F)c(F)c4c(F)c3c(F)c12. The van der Waals surface area contributed by atoms with Crippen molar-refractivity contribution in [3.8, 4) is 18.2 Å². The van der Waals surface area contributed by atoms with Gasteiger partial charge in [-0.1, -0.05) is 0 Å². The van der Waals surface area contributed by atoms with E-state index < -0.39 is 163 Å². The van der Waals surface area contributed by atoms with Crippen molar-refractivity contribution in [1.82, 2.24) is 0 Å². The van der Waals surface area contributed by atoms with Crippen molar-refractivity contribution in [1.29, 1.82) is 15.8 Å². The standard InChI is InChI=1S/C34H4F18N4/c1-56-5-7(4-55)9-25(40)19-11(29(44)27(9)42)10-18(32(19,33(47,48)49)34(50,51)52)12-13(30(45)28(10)43)22(37)15-14(21(12)36)24(39)17-16(23(15)38)20(35)8(6(2-53)3-54)26(41)31(17)46/h5H,1H3/b9-7+,56-5?. The summed E-state index contributed by atoms with van der Waals surface area (Å²) in [6.45, 7) is 0. The molecular formula is C34H4F18N4. The van der Waals surface area contributed by atoms with Gasteiger partial charge in [-0.05, 0) is 0 Å². The summed E-state index contributed by atoms with van der Waals surface area (Å²) in [7, 11) is 0.751.